The van der Waals surface area contributed by atoms with Gasteiger partial charge in [-0.25, -0.2) is 4.39 Å². The predicted octanol–water partition coefficient (Wildman–Crippen LogP) is 1.85. The van der Waals surface area contributed by atoms with E-state index in [-0.39, 0.29) is 18.6 Å². The third-order valence-electron chi connectivity index (χ3n) is 8.95. The maximum atomic E-state index is 17.1. The topological polar surface area (TPSA) is 110 Å². The third-order valence-corrected chi connectivity index (χ3v) is 8.95. The number of alkyl halides is 1. The first-order valence-corrected chi connectivity index (χ1v) is 11.1. The molecule has 4 aliphatic carbocycles. The highest BCUT2D eigenvalue weighted by Gasteiger charge is 2.76. The van der Waals surface area contributed by atoms with E-state index in [0.717, 1.165) is 0 Å². The molecular weight excluding hydrogens is 419 g/mol. The Hall–Kier alpha value is -1.90. The Morgan fingerprint density at radius 1 is 1.28 bits per heavy atom. The second-order valence-electron chi connectivity index (χ2n) is 10.2. The minimum atomic E-state index is -2.07. The molecule has 0 radical (unpaired) electrons. The fourth-order valence-electron chi connectivity index (χ4n) is 7.24. The van der Waals surface area contributed by atoms with Gasteiger partial charge in [0.2, 0.25) is 5.78 Å². The summed E-state index contributed by atoms with van der Waals surface area (Å²) in [5, 5.41) is 23.0. The molecule has 0 aromatic rings. The van der Waals surface area contributed by atoms with E-state index in [1.165, 1.54) is 26.2 Å². The molecule has 0 aromatic carbocycles. The maximum absolute atomic E-state index is 17.1. The molecule has 0 unspecified atom stereocenters. The normalized spacial score (nSPS) is 47.2. The number of methoxy groups -OCH3 is 1. The number of hydrogen-bond acceptors (Lipinski definition) is 7. The van der Waals surface area contributed by atoms with Crippen molar-refractivity contribution in [3.63, 3.8) is 0 Å². The number of aliphatic hydroxyl groups is 2. The molecule has 8 atom stereocenters. The fraction of sp³-hybridized carbons (Fsp3) is 0.708. The van der Waals surface area contributed by atoms with Crippen LogP contribution in [0.2, 0.25) is 0 Å². The number of esters is 1. The Balaban J connectivity index is 1.78. The van der Waals surface area contributed by atoms with Gasteiger partial charge in [-0.3, -0.25) is 14.4 Å². The van der Waals surface area contributed by atoms with Crippen LogP contribution in [-0.4, -0.2) is 64.9 Å². The van der Waals surface area contributed by atoms with Crippen LogP contribution in [0.5, 0.6) is 0 Å². The smallest absolute Gasteiger partial charge is 0.303 e. The molecule has 0 heterocycles. The summed E-state index contributed by atoms with van der Waals surface area (Å²) in [5.74, 6) is -2.68. The van der Waals surface area contributed by atoms with Crippen LogP contribution in [-0.2, 0) is 23.9 Å². The van der Waals surface area contributed by atoms with Crippen LogP contribution < -0.4 is 0 Å². The van der Waals surface area contributed by atoms with E-state index in [0.29, 0.717) is 18.4 Å². The van der Waals surface area contributed by atoms with E-state index in [9.17, 15) is 24.6 Å². The summed E-state index contributed by atoms with van der Waals surface area (Å²) in [6.07, 6.45) is 2.88. The lowest BCUT2D eigenvalue weighted by molar-refractivity contribution is -0.223. The van der Waals surface area contributed by atoms with E-state index in [2.05, 4.69) is 0 Å². The molecule has 0 bridgehead atoms. The highest BCUT2D eigenvalue weighted by atomic mass is 19.1. The Labute approximate surface area is 186 Å². The molecule has 4 rings (SSSR count). The SMILES string of the molecule is CO[C@@H]1C[C@H]2[C@@H]3CCC4=CC(=O)C=C[C@]4(C)[C@@]3(F)[C@@H](O)C[C@]2(C)[C@]1(O)C(=O)COC(C)=O. The van der Waals surface area contributed by atoms with Crippen molar-refractivity contribution in [3.8, 4) is 0 Å². The van der Waals surface area contributed by atoms with Gasteiger partial charge in [0.25, 0.3) is 0 Å². The number of carbonyl (C=O) groups is 3. The Bertz CT molecular complexity index is 927. The molecule has 176 valence electrons. The van der Waals surface area contributed by atoms with E-state index in [1.54, 1.807) is 19.9 Å². The van der Waals surface area contributed by atoms with E-state index in [4.69, 9.17) is 9.47 Å². The number of hydrogen-bond donors (Lipinski definition) is 2. The summed E-state index contributed by atoms with van der Waals surface area (Å²) >= 11 is 0. The van der Waals surface area contributed by atoms with Gasteiger partial charge in [-0.05, 0) is 50.7 Å². The number of aliphatic hydroxyl groups excluding tert-OH is 1. The zero-order valence-electron chi connectivity index (χ0n) is 18.9. The average molecular weight is 451 g/mol. The van der Waals surface area contributed by atoms with Crippen LogP contribution in [0.15, 0.2) is 23.8 Å². The average Bonchev–Trinajstić information content (AvgIpc) is 2.95. The van der Waals surface area contributed by atoms with E-state index in [1.807, 2.05) is 0 Å². The zero-order valence-corrected chi connectivity index (χ0v) is 18.9. The molecule has 4 aliphatic rings. The highest BCUT2D eigenvalue weighted by Crippen LogP contribution is 2.70. The first-order chi connectivity index (χ1) is 14.9. The zero-order chi connectivity index (χ0) is 23.7. The van der Waals surface area contributed by atoms with Crippen LogP contribution in [0.25, 0.3) is 0 Å². The molecular formula is C24H31FO7. The van der Waals surface area contributed by atoms with Crippen molar-refractivity contribution in [1.29, 1.82) is 0 Å². The summed E-state index contributed by atoms with van der Waals surface area (Å²) in [6.45, 7) is 3.95. The number of fused-ring (bicyclic) bond motifs is 5. The highest BCUT2D eigenvalue weighted by molar-refractivity contribution is 6.01. The van der Waals surface area contributed by atoms with Crippen molar-refractivity contribution in [2.24, 2.45) is 22.7 Å². The Morgan fingerprint density at radius 3 is 2.59 bits per heavy atom. The maximum Gasteiger partial charge on any atom is 0.303 e. The lowest BCUT2D eigenvalue weighted by atomic mass is 9.44. The second kappa shape index (κ2) is 7.30. The summed E-state index contributed by atoms with van der Waals surface area (Å²) in [5.41, 5.74) is -5.79. The molecule has 7 nitrogen and oxygen atoms in total. The van der Waals surface area contributed by atoms with Crippen LogP contribution in [0, 0.1) is 22.7 Å². The van der Waals surface area contributed by atoms with Crippen molar-refractivity contribution in [1.82, 2.24) is 0 Å². The lowest BCUT2D eigenvalue weighted by Crippen LogP contribution is -2.69. The predicted molar refractivity (Wildman–Crippen MR) is 111 cm³/mol. The molecule has 0 saturated heterocycles. The summed E-state index contributed by atoms with van der Waals surface area (Å²) < 4.78 is 27.5. The van der Waals surface area contributed by atoms with Gasteiger partial charge in [-0.2, -0.15) is 0 Å². The minimum Gasteiger partial charge on any atom is -0.458 e. The number of halogens is 1. The van der Waals surface area contributed by atoms with Crippen molar-refractivity contribution >= 4 is 17.5 Å². The van der Waals surface area contributed by atoms with E-state index < -0.39 is 64.5 Å². The van der Waals surface area contributed by atoms with Gasteiger partial charge in [-0.15, -0.1) is 0 Å². The molecule has 8 heteroatoms. The monoisotopic (exact) mass is 450 g/mol. The summed E-state index contributed by atoms with van der Waals surface area (Å²) in [4.78, 5) is 36.3. The number of carbonyl (C=O) groups excluding carboxylic acids is 3. The molecule has 0 spiro atoms. The molecule has 2 N–H and O–H groups in total. The van der Waals surface area contributed by atoms with Gasteiger partial charge in [0.05, 0.1) is 12.2 Å². The van der Waals surface area contributed by atoms with Gasteiger partial charge < -0.3 is 19.7 Å². The number of allylic oxidation sites excluding steroid dienone is 4. The van der Waals surface area contributed by atoms with Gasteiger partial charge in [-0.1, -0.05) is 18.6 Å². The van der Waals surface area contributed by atoms with E-state index >= 15 is 4.39 Å². The number of rotatable bonds is 4. The van der Waals surface area contributed by atoms with Gasteiger partial charge >= 0.3 is 5.97 Å². The molecule has 32 heavy (non-hydrogen) atoms. The first-order valence-electron chi connectivity index (χ1n) is 11.1. The van der Waals surface area contributed by atoms with Gasteiger partial charge in [0.15, 0.2) is 23.7 Å². The third kappa shape index (κ3) is 2.72. The van der Waals surface area contributed by atoms with Crippen molar-refractivity contribution in [2.75, 3.05) is 13.7 Å². The van der Waals surface area contributed by atoms with Crippen LogP contribution in [0.4, 0.5) is 4.39 Å². The Morgan fingerprint density at radius 2 is 1.97 bits per heavy atom. The summed E-state index contributed by atoms with van der Waals surface area (Å²) in [7, 11) is 1.38. The van der Waals surface area contributed by atoms with Crippen LogP contribution >= 0.6 is 0 Å². The molecule has 0 amide bonds. The van der Waals surface area contributed by atoms with Crippen molar-refractivity contribution < 1.29 is 38.5 Å². The molecule has 3 saturated carbocycles. The number of ether oxygens (including phenoxy) is 2. The van der Waals surface area contributed by atoms with Crippen LogP contribution in [0.1, 0.15) is 46.5 Å². The largest absolute Gasteiger partial charge is 0.458 e. The minimum absolute atomic E-state index is 0.169. The summed E-state index contributed by atoms with van der Waals surface area (Å²) in [6, 6.07) is 0. The van der Waals surface area contributed by atoms with Crippen molar-refractivity contribution in [3.05, 3.63) is 23.8 Å². The molecule has 0 aliphatic heterocycles. The van der Waals surface area contributed by atoms with Crippen molar-refractivity contribution in [2.45, 2.75) is 69.9 Å². The fourth-order valence-corrected chi connectivity index (χ4v) is 7.24. The van der Waals surface area contributed by atoms with Crippen LogP contribution in [0.3, 0.4) is 0 Å². The van der Waals surface area contributed by atoms with Gasteiger partial charge in [0.1, 0.15) is 0 Å². The molecule has 3 fully saturated rings. The second-order valence-corrected chi connectivity index (χ2v) is 10.2. The lowest BCUT2D eigenvalue weighted by Gasteiger charge is -2.62. The number of ketones is 2. The Kier molecular flexibility index (Phi) is 5.31. The van der Waals surface area contributed by atoms with Gasteiger partial charge in [0, 0.05) is 30.8 Å². The standard InChI is InChI=1S/C24H31FO7/c1-13(26)32-12-19(29)24(30)20(31-4)10-17-16-6-5-14-9-15(27)7-8-21(14,2)23(16,25)18(28)11-22(17,24)3/h7-9,16-18,20,28,30H,5-6,10-12H2,1-4H3/t16-,17-,18-,20+,21-,22-,23-,24-/m0/s1. The molecule has 0 aromatic heterocycles. The first kappa shape index (κ1) is 23.3. The quantitative estimate of drug-likeness (QED) is 0.629. The number of Topliss-reactive ketones (excluding diaryl/α,β-unsaturated/α-hetero) is 1.